The molecule has 0 spiro atoms. The first-order valence-corrected chi connectivity index (χ1v) is 4.88. The number of nitrogens with zero attached hydrogens (tertiary/aromatic N) is 2. The zero-order valence-corrected chi connectivity index (χ0v) is 8.95. The fraction of sp³-hybridized carbons (Fsp3) is 0.200. The predicted octanol–water partition coefficient (Wildman–Crippen LogP) is 2.11. The van der Waals surface area contributed by atoms with Crippen LogP contribution in [0.25, 0.3) is 0 Å². The second kappa shape index (κ2) is 4.46. The summed E-state index contributed by atoms with van der Waals surface area (Å²) in [7, 11) is 0. The van der Waals surface area contributed by atoms with Crippen molar-refractivity contribution in [1.82, 2.24) is 10.2 Å². The highest BCUT2D eigenvalue weighted by atomic mass is 19.2. The summed E-state index contributed by atoms with van der Waals surface area (Å²) in [6, 6.07) is 3.27. The number of nitrogens with one attached hydrogen (secondary N) is 1. The van der Waals surface area contributed by atoms with Crippen LogP contribution in [0.15, 0.2) is 22.6 Å². The van der Waals surface area contributed by atoms with Crippen molar-refractivity contribution in [3.8, 4) is 0 Å². The van der Waals surface area contributed by atoms with Gasteiger partial charge in [-0.1, -0.05) is 11.2 Å². The van der Waals surface area contributed by atoms with E-state index in [0.717, 1.165) is 6.07 Å². The maximum absolute atomic E-state index is 13.3. The first-order chi connectivity index (χ1) is 8.08. The van der Waals surface area contributed by atoms with Gasteiger partial charge >= 0.3 is 6.01 Å². The smallest absolute Gasteiger partial charge is 0.320 e. The molecular weight excluding hydrogens is 230 g/mol. The van der Waals surface area contributed by atoms with Crippen LogP contribution in [0.2, 0.25) is 0 Å². The Morgan fingerprint density at radius 1 is 1.35 bits per heavy atom. The summed E-state index contributed by atoms with van der Waals surface area (Å²) in [5.41, 5.74) is 5.44. The van der Waals surface area contributed by atoms with Crippen molar-refractivity contribution < 1.29 is 13.2 Å². The molecule has 0 saturated heterocycles. The molecule has 2 rings (SSSR count). The van der Waals surface area contributed by atoms with E-state index in [0.29, 0.717) is 0 Å². The van der Waals surface area contributed by atoms with Crippen molar-refractivity contribution >= 4 is 11.7 Å². The highest BCUT2D eigenvalue weighted by molar-refractivity contribution is 5.52. The fourth-order valence-electron chi connectivity index (χ4n) is 1.18. The van der Waals surface area contributed by atoms with Crippen LogP contribution in [0.3, 0.4) is 0 Å². The lowest BCUT2D eigenvalue weighted by Crippen LogP contribution is -2.04. The second-order valence-electron chi connectivity index (χ2n) is 3.46. The first kappa shape index (κ1) is 11.5. The summed E-state index contributed by atoms with van der Waals surface area (Å²) in [6.07, 6.45) is 0. The average Bonchev–Trinajstić information content (AvgIpc) is 2.73. The average molecular weight is 240 g/mol. The fourth-order valence-corrected chi connectivity index (χ4v) is 1.18. The summed E-state index contributed by atoms with van der Waals surface area (Å²) in [4.78, 5) is 0. The summed E-state index contributed by atoms with van der Waals surface area (Å²) >= 11 is 0. The number of nitrogens with two attached hydrogens (primary N) is 1. The standard InChI is InChI=1S/C10H10F2N4O/c1-5(13)9-15-16-10(17-9)14-7-4-2-3-6(11)8(7)12/h2-5H,13H2,1H3,(H,14,16). The Bertz CT molecular complexity index is 527. The second-order valence-corrected chi connectivity index (χ2v) is 3.46. The van der Waals surface area contributed by atoms with E-state index in [9.17, 15) is 8.78 Å². The number of anilines is 2. The minimum atomic E-state index is -1.01. The SMILES string of the molecule is CC(N)c1nnc(Nc2cccc(F)c2F)o1. The number of halogens is 2. The molecule has 0 fully saturated rings. The third kappa shape index (κ3) is 2.39. The van der Waals surface area contributed by atoms with E-state index in [2.05, 4.69) is 15.5 Å². The molecule has 3 N–H and O–H groups in total. The van der Waals surface area contributed by atoms with Gasteiger partial charge in [-0.2, -0.15) is 0 Å². The monoisotopic (exact) mass is 240 g/mol. The molecule has 0 amide bonds. The molecule has 0 aliphatic rings. The Kier molecular flexibility index (Phi) is 3.01. The predicted molar refractivity (Wildman–Crippen MR) is 56.5 cm³/mol. The van der Waals surface area contributed by atoms with Crippen LogP contribution < -0.4 is 11.1 Å². The Labute approximate surface area is 95.6 Å². The lowest BCUT2D eigenvalue weighted by atomic mass is 10.3. The van der Waals surface area contributed by atoms with Crippen LogP contribution in [-0.2, 0) is 0 Å². The minimum Gasteiger partial charge on any atom is -0.406 e. The quantitative estimate of drug-likeness (QED) is 0.859. The lowest BCUT2D eigenvalue weighted by Gasteiger charge is -2.03. The zero-order chi connectivity index (χ0) is 12.4. The van der Waals surface area contributed by atoms with Crippen molar-refractivity contribution in [3.63, 3.8) is 0 Å². The molecule has 90 valence electrons. The number of aromatic nitrogens is 2. The highest BCUT2D eigenvalue weighted by Crippen LogP contribution is 2.21. The molecule has 5 nitrogen and oxygen atoms in total. The van der Waals surface area contributed by atoms with Crippen molar-refractivity contribution in [2.24, 2.45) is 5.73 Å². The van der Waals surface area contributed by atoms with Crippen LogP contribution in [0.4, 0.5) is 20.5 Å². The molecule has 0 bridgehead atoms. The number of rotatable bonds is 3. The van der Waals surface area contributed by atoms with Gasteiger partial charge in [-0.15, -0.1) is 5.10 Å². The maximum atomic E-state index is 13.3. The van der Waals surface area contributed by atoms with Crippen molar-refractivity contribution in [1.29, 1.82) is 0 Å². The molecule has 0 aliphatic carbocycles. The molecule has 7 heteroatoms. The van der Waals surface area contributed by atoms with Crippen LogP contribution in [0.5, 0.6) is 0 Å². The van der Waals surface area contributed by atoms with Gasteiger partial charge in [0, 0.05) is 0 Å². The van der Waals surface area contributed by atoms with Gasteiger partial charge in [0.15, 0.2) is 11.6 Å². The van der Waals surface area contributed by atoms with Gasteiger partial charge in [0.25, 0.3) is 0 Å². The van der Waals surface area contributed by atoms with Crippen molar-refractivity contribution in [2.45, 2.75) is 13.0 Å². The van der Waals surface area contributed by atoms with E-state index >= 15 is 0 Å². The zero-order valence-electron chi connectivity index (χ0n) is 8.95. The van der Waals surface area contributed by atoms with Crippen LogP contribution in [0, 0.1) is 11.6 Å². The van der Waals surface area contributed by atoms with Gasteiger partial charge in [0.1, 0.15) is 0 Å². The van der Waals surface area contributed by atoms with Crippen molar-refractivity contribution in [3.05, 3.63) is 35.7 Å². The van der Waals surface area contributed by atoms with Gasteiger partial charge in [-0.25, -0.2) is 8.78 Å². The maximum Gasteiger partial charge on any atom is 0.320 e. The van der Waals surface area contributed by atoms with Gasteiger partial charge in [0.2, 0.25) is 5.89 Å². The third-order valence-electron chi connectivity index (χ3n) is 2.02. The van der Waals surface area contributed by atoms with Crippen LogP contribution in [0.1, 0.15) is 18.9 Å². The van der Waals surface area contributed by atoms with E-state index in [1.165, 1.54) is 12.1 Å². The third-order valence-corrected chi connectivity index (χ3v) is 2.02. The Balaban J connectivity index is 2.22. The van der Waals surface area contributed by atoms with E-state index in [1.54, 1.807) is 6.92 Å². The van der Waals surface area contributed by atoms with E-state index < -0.39 is 17.7 Å². The molecule has 1 atom stereocenters. The Morgan fingerprint density at radius 2 is 2.12 bits per heavy atom. The molecule has 1 unspecified atom stereocenters. The number of hydrogen-bond donors (Lipinski definition) is 2. The lowest BCUT2D eigenvalue weighted by molar-refractivity contribution is 0.474. The number of hydrogen-bond acceptors (Lipinski definition) is 5. The van der Waals surface area contributed by atoms with Gasteiger partial charge in [0.05, 0.1) is 11.7 Å². The van der Waals surface area contributed by atoms with E-state index in [1.807, 2.05) is 0 Å². The molecule has 17 heavy (non-hydrogen) atoms. The molecule has 0 saturated carbocycles. The van der Waals surface area contributed by atoms with Crippen molar-refractivity contribution in [2.75, 3.05) is 5.32 Å². The summed E-state index contributed by atoms with van der Waals surface area (Å²) in [5, 5.41) is 9.73. The molecule has 1 aromatic carbocycles. The Morgan fingerprint density at radius 3 is 2.76 bits per heavy atom. The van der Waals surface area contributed by atoms with E-state index in [-0.39, 0.29) is 17.6 Å². The normalized spacial score (nSPS) is 12.5. The van der Waals surface area contributed by atoms with Crippen LogP contribution in [-0.4, -0.2) is 10.2 Å². The summed E-state index contributed by atoms with van der Waals surface area (Å²) in [5.74, 6) is -1.75. The molecule has 0 radical (unpaired) electrons. The largest absolute Gasteiger partial charge is 0.406 e. The minimum absolute atomic E-state index is 0.0400. The highest BCUT2D eigenvalue weighted by Gasteiger charge is 2.13. The van der Waals surface area contributed by atoms with E-state index in [4.69, 9.17) is 10.2 Å². The summed E-state index contributed by atoms with van der Waals surface area (Å²) < 4.78 is 31.3. The molecule has 2 aromatic rings. The number of benzene rings is 1. The first-order valence-electron chi connectivity index (χ1n) is 4.88. The van der Waals surface area contributed by atoms with Gasteiger partial charge < -0.3 is 15.5 Å². The molecule has 1 heterocycles. The van der Waals surface area contributed by atoms with Gasteiger partial charge in [-0.05, 0) is 19.1 Å². The topological polar surface area (TPSA) is 77.0 Å². The molecule has 1 aromatic heterocycles. The summed E-state index contributed by atoms with van der Waals surface area (Å²) in [6.45, 7) is 1.67. The molecule has 0 aliphatic heterocycles. The van der Waals surface area contributed by atoms with Gasteiger partial charge in [-0.3, -0.25) is 0 Å². The Hall–Kier alpha value is -2.02. The van der Waals surface area contributed by atoms with Crippen LogP contribution >= 0.6 is 0 Å². The molecular formula is C10H10F2N4O.